The number of rotatable bonds is 21. The second-order valence-electron chi connectivity index (χ2n) is 15.8. The van der Waals surface area contributed by atoms with Crippen molar-refractivity contribution in [2.24, 2.45) is 0 Å². The van der Waals surface area contributed by atoms with Crippen LogP contribution in [0.25, 0.3) is 6.08 Å². The molecule has 3 N–H and O–H groups in total. The maximum Gasteiger partial charge on any atom is 0.737 e. The number of aromatic nitrogens is 1. The van der Waals surface area contributed by atoms with Gasteiger partial charge in [-0.15, -0.1) is 5.06 Å². The number of imide groups is 2. The Morgan fingerprint density at radius 3 is 2.26 bits per heavy atom. The Kier molecular flexibility index (Phi) is 15.3. The van der Waals surface area contributed by atoms with Gasteiger partial charge in [0.2, 0.25) is 11.8 Å². The molecule has 4 rings (SSSR count). The summed E-state index contributed by atoms with van der Waals surface area (Å²) >= 11 is 0. The van der Waals surface area contributed by atoms with Crippen molar-refractivity contribution in [2.75, 3.05) is 40.0 Å². The van der Waals surface area contributed by atoms with Crippen molar-refractivity contribution in [1.82, 2.24) is 25.5 Å². The monoisotopic (exact) mass is 837 g/mol. The highest BCUT2D eigenvalue weighted by molar-refractivity contribution is 7.85. The highest BCUT2D eigenvalue weighted by Crippen LogP contribution is 2.39. The lowest BCUT2D eigenvalue weighted by atomic mass is 9.88. The number of allylic oxidation sites excluding steroid dienone is 2. The van der Waals surface area contributed by atoms with Gasteiger partial charge in [-0.1, -0.05) is 26.7 Å². The summed E-state index contributed by atoms with van der Waals surface area (Å²) in [5, 5.41) is 6.74. The highest BCUT2D eigenvalue weighted by atomic mass is 32.2. The number of hydrogen-bond acceptors (Lipinski definition) is 10. The standard InChI is InChI=1S/C37H54BF2N7O10S/c1-6-11-25-21-27(13-10-20-47(3,4)5)44-30(25)23-31-26(12-7-2)22-28(45(31)38(44,39)40)15-16-32(48)43-37(53)42-29(24-58(54,55)56)36(52)41-19-9-8-14-35(51)57-46-33(49)17-18-34(46)50/h21-23,29H,6-20,24H2,1-5H3,(H3-,41,42,43,48,52,53,54,55,56). The van der Waals surface area contributed by atoms with Crippen molar-refractivity contribution in [3.63, 3.8) is 0 Å². The second-order valence-corrected chi connectivity index (χ2v) is 17.2. The number of hydroxylamine groups is 2. The summed E-state index contributed by atoms with van der Waals surface area (Å²) in [4.78, 5) is 78.4. The minimum Gasteiger partial charge on any atom is -0.748 e. The van der Waals surface area contributed by atoms with Crippen LogP contribution >= 0.6 is 0 Å². The molecule has 3 aliphatic heterocycles. The van der Waals surface area contributed by atoms with E-state index >= 15 is 8.63 Å². The summed E-state index contributed by atoms with van der Waals surface area (Å²) in [5.41, 5.74) is 3.18. The number of hydrogen-bond donors (Lipinski definition) is 3. The van der Waals surface area contributed by atoms with Gasteiger partial charge >= 0.3 is 19.0 Å². The smallest absolute Gasteiger partial charge is 0.737 e. The van der Waals surface area contributed by atoms with E-state index in [0.717, 1.165) is 27.5 Å². The summed E-state index contributed by atoms with van der Waals surface area (Å²) < 4.78 is 71.3. The van der Waals surface area contributed by atoms with Crippen molar-refractivity contribution >= 4 is 64.5 Å². The van der Waals surface area contributed by atoms with Gasteiger partial charge in [-0.25, -0.2) is 18.0 Å². The molecular formula is C37H54BF2N7O10S. The number of nitrogens with one attached hydrogen (secondary N) is 3. The molecular weight excluding hydrogens is 783 g/mol. The third-order valence-corrected chi connectivity index (χ3v) is 10.6. The van der Waals surface area contributed by atoms with Crippen LogP contribution in [0, 0.1) is 0 Å². The predicted octanol–water partition coefficient (Wildman–Crippen LogP) is 2.26. The maximum absolute atomic E-state index is 16.9. The molecule has 58 heavy (non-hydrogen) atoms. The summed E-state index contributed by atoms with van der Waals surface area (Å²) in [7, 11) is 1.09. The number of unbranched alkanes of at least 4 members (excludes halogenated alkanes) is 1. The molecule has 0 bridgehead atoms. The quantitative estimate of drug-likeness (QED) is 0.0540. The van der Waals surface area contributed by atoms with Crippen LogP contribution in [0.5, 0.6) is 0 Å². The lowest BCUT2D eigenvalue weighted by Gasteiger charge is -2.32. The van der Waals surface area contributed by atoms with E-state index in [1.807, 2.05) is 51.7 Å². The molecule has 1 aromatic heterocycles. The largest absolute Gasteiger partial charge is 0.748 e. The van der Waals surface area contributed by atoms with Gasteiger partial charge in [0.15, 0.2) is 5.70 Å². The summed E-state index contributed by atoms with van der Waals surface area (Å²) in [6, 6.07) is -1.30. The normalized spacial score (nSPS) is 16.7. The van der Waals surface area contributed by atoms with Crippen molar-refractivity contribution in [1.29, 1.82) is 0 Å². The first-order valence-corrected chi connectivity index (χ1v) is 21.2. The van der Waals surface area contributed by atoms with Crippen LogP contribution in [0.1, 0.15) is 101 Å². The predicted molar refractivity (Wildman–Crippen MR) is 208 cm³/mol. The number of nitrogens with zero attached hydrogens (tertiary/aromatic N) is 4. The molecule has 0 aliphatic carbocycles. The van der Waals surface area contributed by atoms with Gasteiger partial charge in [0.1, 0.15) is 11.8 Å². The van der Waals surface area contributed by atoms with Crippen LogP contribution in [0.2, 0.25) is 0 Å². The molecule has 21 heteroatoms. The Labute approximate surface area is 337 Å². The van der Waals surface area contributed by atoms with Gasteiger partial charge in [0, 0.05) is 68.5 Å². The first kappa shape index (κ1) is 45.9. The average Bonchev–Trinajstić information content (AvgIpc) is 3.75. The summed E-state index contributed by atoms with van der Waals surface area (Å²) in [6.45, 7) is 0.242. The zero-order valence-electron chi connectivity index (χ0n) is 33.7. The molecule has 1 fully saturated rings. The fraction of sp³-hybridized carbons (Fsp3) is 0.595. The van der Waals surface area contributed by atoms with Crippen LogP contribution in [0.3, 0.4) is 0 Å². The van der Waals surface area contributed by atoms with Crippen molar-refractivity contribution in [2.45, 2.75) is 103 Å². The molecule has 0 spiro atoms. The molecule has 6 amide bonds. The SMILES string of the molecule is CCCC1=CC(CCC(=O)NC(=O)NC(CS(=O)(=O)[O-])C(=O)NCCCCC(=O)ON2C(=O)CCC2=O)=[N+]2C1=Cc1c(CCC)cc(CCC[N+](C)(C)C)n1[B-]2(F)F. The van der Waals surface area contributed by atoms with Crippen LogP contribution in [0.15, 0.2) is 23.4 Å². The van der Waals surface area contributed by atoms with E-state index in [1.54, 1.807) is 12.2 Å². The summed E-state index contributed by atoms with van der Waals surface area (Å²) in [5.74, 6) is -5.44. The third kappa shape index (κ3) is 12.1. The summed E-state index contributed by atoms with van der Waals surface area (Å²) in [6.07, 6.45) is 6.61. The van der Waals surface area contributed by atoms with E-state index in [0.29, 0.717) is 64.3 Å². The number of carbonyl (C=O) groups excluding carboxylic acids is 6. The Bertz CT molecular complexity index is 1990. The lowest BCUT2D eigenvalue weighted by molar-refractivity contribution is -0.870. The Morgan fingerprint density at radius 1 is 0.966 bits per heavy atom. The minimum absolute atomic E-state index is 0.0659. The van der Waals surface area contributed by atoms with E-state index in [9.17, 15) is 41.7 Å². The first-order chi connectivity index (χ1) is 27.1. The van der Waals surface area contributed by atoms with Gasteiger partial charge < -0.3 is 42.1 Å². The number of urea groups is 1. The van der Waals surface area contributed by atoms with Crippen molar-refractivity contribution in [3.05, 3.63) is 40.4 Å². The molecule has 1 unspecified atom stereocenters. The van der Waals surface area contributed by atoms with E-state index in [4.69, 9.17) is 4.84 Å². The molecule has 0 saturated carbocycles. The van der Waals surface area contributed by atoms with Gasteiger partial charge in [-0.2, -0.15) is 0 Å². The molecule has 17 nitrogen and oxygen atoms in total. The molecule has 320 valence electrons. The van der Waals surface area contributed by atoms with Crippen molar-refractivity contribution in [3.8, 4) is 0 Å². The molecule has 0 radical (unpaired) electrons. The van der Waals surface area contributed by atoms with Gasteiger partial charge in [-0.05, 0) is 49.4 Å². The molecule has 1 aromatic rings. The van der Waals surface area contributed by atoms with Crippen LogP contribution < -0.4 is 16.0 Å². The van der Waals surface area contributed by atoms with E-state index in [-0.39, 0.29) is 50.8 Å². The number of amides is 6. The van der Waals surface area contributed by atoms with Crippen LogP contribution in [-0.4, -0.2) is 126 Å². The maximum atomic E-state index is 16.9. The van der Waals surface area contributed by atoms with Crippen LogP contribution in [0.4, 0.5) is 13.4 Å². The number of halogens is 2. The molecule has 4 heterocycles. The number of fused-ring (bicyclic) bond motifs is 2. The van der Waals surface area contributed by atoms with E-state index < -0.39 is 70.9 Å². The van der Waals surface area contributed by atoms with Crippen LogP contribution in [-0.2, 0) is 51.8 Å². The fourth-order valence-corrected chi connectivity index (χ4v) is 7.86. The third-order valence-electron chi connectivity index (χ3n) is 9.83. The van der Waals surface area contributed by atoms with E-state index in [1.165, 1.54) is 0 Å². The minimum atomic E-state index is -5.05. The van der Waals surface area contributed by atoms with Gasteiger partial charge in [-0.3, -0.25) is 24.5 Å². The Balaban J connectivity index is 1.39. The zero-order chi connectivity index (χ0) is 43.0. The highest BCUT2D eigenvalue weighted by Gasteiger charge is 2.54. The van der Waals surface area contributed by atoms with Gasteiger partial charge in [0.05, 0.1) is 43.6 Å². The lowest BCUT2D eigenvalue weighted by Crippen LogP contribution is -2.54. The molecule has 1 saturated heterocycles. The Morgan fingerprint density at radius 2 is 1.64 bits per heavy atom. The Hall–Kier alpha value is -4.76. The zero-order valence-corrected chi connectivity index (χ0v) is 34.6. The van der Waals surface area contributed by atoms with Gasteiger partial charge in [0.25, 0.3) is 11.8 Å². The van der Waals surface area contributed by atoms with E-state index in [2.05, 4.69) is 5.32 Å². The number of aryl methyl sites for hydroxylation is 2. The second kappa shape index (κ2) is 19.3. The molecule has 0 aromatic carbocycles. The molecule has 3 aliphatic rings. The fourth-order valence-electron chi connectivity index (χ4n) is 7.22. The number of carbonyl (C=O) groups is 6. The molecule has 1 atom stereocenters. The average molecular weight is 838 g/mol. The number of quaternary nitrogens is 1. The first-order valence-electron chi connectivity index (χ1n) is 19.7. The topological polar surface area (TPSA) is 216 Å². The van der Waals surface area contributed by atoms with Crippen molar-refractivity contribution < 1.29 is 64.2 Å².